The molecule has 3 amide bonds. The van der Waals surface area contributed by atoms with E-state index in [0.29, 0.717) is 159 Å². The third kappa shape index (κ3) is 24.3. The topological polar surface area (TPSA) is 337 Å². The van der Waals surface area contributed by atoms with Crippen LogP contribution in [0.5, 0.6) is 11.5 Å². The number of carbonyl (C=O) groups is 5. The average Bonchev–Trinajstić information content (AvgIpc) is 1.67. The number of aromatic nitrogens is 8. The molecule has 2 fully saturated rings. The maximum absolute atomic E-state index is 13.8. The first-order valence-electron chi connectivity index (χ1n) is 32.8. The fourth-order valence-electron chi connectivity index (χ4n) is 10.7. The smallest absolute Gasteiger partial charge is 0.313 e. The van der Waals surface area contributed by atoms with Crippen molar-refractivity contribution in [1.82, 2.24) is 64.6 Å². The van der Waals surface area contributed by atoms with Gasteiger partial charge in [-0.3, -0.25) is 28.9 Å². The Balaban J connectivity index is 0.586. The van der Waals surface area contributed by atoms with Crippen molar-refractivity contribution in [2.75, 3.05) is 185 Å². The summed E-state index contributed by atoms with van der Waals surface area (Å²) >= 11 is 0. The number of aliphatic hydroxyl groups is 1. The predicted octanol–water partition coefficient (Wildman–Crippen LogP) is 3.22. The van der Waals surface area contributed by atoms with Crippen molar-refractivity contribution in [3.05, 3.63) is 113 Å². The Morgan fingerprint density at radius 2 is 1.32 bits per heavy atom. The summed E-state index contributed by atoms with van der Waals surface area (Å²) in [6.07, 6.45) is 7.68. The van der Waals surface area contributed by atoms with Gasteiger partial charge in [-0.15, -0.1) is 10.2 Å². The number of ether oxygens (including phenoxy) is 10. The number of nitrogens with zero attached hydrogens (tertiary/aromatic N) is 12. The maximum atomic E-state index is 13.8. The lowest BCUT2D eigenvalue weighted by Crippen LogP contribution is -2.48. The van der Waals surface area contributed by atoms with Gasteiger partial charge in [0, 0.05) is 83.8 Å². The Labute approximate surface area is 570 Å². The fraction of sp³-hybridized carbons (Fsp3) is 0.530. The maximum Gasteiger partial charge on any atom is 0.313 e. The highest BCUT2D eigenvalue weighted by Gasteiger charge is 2.31. The molecule has 2 aliphatic rings. The van der Waals surface area contributed by atoms with Gasteiger partial charge in [0.1, 0.15) is 30.2 Å². The summed E-state index contributed by atoms with van der Waals surface area (Å²) < 4.78 is 97.8. The van der Waals surface area contributed by atoms with Gasteiger partial charge < -0.3 is 77.5 Å². The number of ketones is 1. The molecule has 0 aliphatic carbocycles. The molecule has 8 rings (SSSR count). The number of amides is 3. The number of nitriles is 1. The number of piperidine rings is 1. The van der Waals surface area contributed by atoms with Gasteiger partial charge in [-0.2, -0.15) is 9.94 Å². The first-order chi connectivity index (χ1) is 48.3. The van der Waals surface area contributed by atoms with E-state index >= 15 is 0 Å². The van der Waals surface area contributed by atoms with Crippen LogP contribution in [0.3, 0.4) is 0 Å². The number of likely N-dealkylation sites (tertiary alicyclic amines) is 1. The van der Waals surface area contributed by atoms with Gasteiger partial charge in [0.25, 0.3) is 17.6 Å². The molecule has 0 atom stereocenters. The minimum absolute atomic E-state index is 0.0580. The van der Waals surface area contributed by atoms with Crippen molar-refractivity contribution in [2.45, 2.75) is 45.3 Å². The molecule has 6 aromatic rings. The van der Waals surface area contributed by atoms with E-state index in [0.717, 1.165) is 50.4 Å². The van der Waals surface area contributed by atoms with Crippen LogP contribution >= 0.6 is 0 Å². The summed E-state index contributed by atoms with van der Waals surface area (Å²) in [5.74, 6) is -7.73. The molecule has 0 spiro atoms. The second kappa shape index (κ2) is 41.7. The number of aromatic amines is 1. The van der Waals surface area contributed by atoms with E-state index in [2.05, 4.69) is 56.3 Å². The SMILES string of the molecule is COc1cnc(-n2cnc(C(=O)NCCCN(CCCN3CCN(CCOCCOCCOCCOCc4cn(CCOCCOCCOCCOCCC(=O)Oc5c(F)cc(F)cc5F)nn4)CC3)C(=O)CO)n2)c2[nH]cc(C(=O)C(=O)N3CCC(=C(C#N)c4ccccc4)CC3)c12. The molecule has 30 nitrogen and oxygen atoms in total. The summed E-state index contributed by atoms with van der Waals surface area (Å²) in [5.41, 5.74) is 3.41. The number of piperazine rings is 1. The lowest BCUT2D eigenvalue weighted by Gasteiger charge is -2.35. The molecule has 3 N–H and O–H groups in total. The number of Topliss-reactive ketones (excluding diaryl/α,β-unsaturated/α-hetero) is 1. The standard InChI is InChI=1S/C66H85F3N14O16/c1-90-56-43-73-64(60-59(56)53(42-72-60)61(87)66(89)81-16-9-49(10-17-81)52(41-70)48-7-3-2-4-8-48)83-47-74-63(76-83)65(88)71-12-5-14-80(57(85)45-84)15-6-13-78-18-20-79(21-19-78)22-25-92-28-31-95-35-36-97-37-38-98-46-51-44-82(77-75-51)23-26-93-29-32-96-34-33-94-30-27-91-24-11-58(86)99-62-54(68)39-50(67)40-55(62)69/h2-4,7-8,39-40,42-44,47,72,84H,5-6,9-38,45-46H2,1H3,(H,71,88). The quantitative estimate of drug-likeness (QED) is 0.0123. The number of benzene rings is 2. The predicted molar refractivity (Wildman–Crippen MR) is 347 cm³/mol. The second-order valence-electron chi connectivity index (χ2n) is 22.6. The Morgan fingerprint density at radius 1 is 0.727 bits per heavy atom. The third-order valence-corrected chi connectivity index (χ3v) is 15.9. The summed E-state index contributed by atoms with van der Waals surface area (Å²) in [6.45, 7) is 12.1. The Morgan fingerprint density at radius 3 is 1.95 bits per heavy atom. The Kier molecular flexibility index (Phi) is 32.0. The molecule has 536 valence electrons. The van der Waals surface area contributed by atoms with Crippen molar-refractivity contribution in [1.29, 1.82) is 5.26 Å². The van der Waals surface area contributed by atoms with Crippen molar-refractivity contribution < 1.29 is 89.6 Å². The van der Waals surface area contributed by atoms with Crippen LogP contribution in [0, 0.1) is 28.8 Å². The van der Waals surface area contributed by atoms with Crippen LogP contribution < -0.4 is 14.8 Å². The van der Waals surface area contributed by atoms with Crippen LogP contribution in [-0.4, -0.2) is 279 Å². The zero-order valence-corrected chi connectivity index (χ0v) is 55.5. The summed E-state index contributed by atoms with van der Waals surface area (Å²) in [4.78, 5) is 84.7. The van der Waals surface area contributed by atoms with E-state index in [-0.39, 0.29) is 75.4 Å². The van der Waals surface area contributed by atoms with E-state index in [4.69, 9.17) is 42.6 Å². The summed E-state index contributed by atoms with van der Waals surface area (Å²) in [5, 5.41) is 35.3. The van der Waals surface area contributed by atoms with Crippen LogP contribution in [0.4, 0.5) is 13.2 Å². The van der Waals surface area contributed by atoms with Crippen LogP contribution in [0.1, 0.15) is 64.3 Å². The lowest BCUT2D eigenvalue weighted by molar-refractivity contribution is -0.136. The lowest BCUT2D eigenvalue weighted by atomic mass is 9.93. The Hall–Kier alpha value is -8.66. The van der Waals surface area contributed by atoms with E-state index in [1.54, 1.807) is 15.8 Å². The molecule has 0 saturated carbocycles. The van der Waals surface area contributed by atoms with E-state index in [9.17, 15) is 47.5 Å². The molecule has 99 heavy (non-hydrogen) atoms. The molecule has 0 unspecified atom stereocenters. The van der Waals surface area contributed by atoms with Gasteiger partial charge in [-0.05, 0) is 43.4 Å². The fourth-order valence-corrected chi connectivity index (χ4v) is 10.7. The summed E-state index contributed by atoms with van der Waals surface area (Å²) in [7, 11) is 1.42. The normalized spacial score (nSPS) is 13.6. The number of aliphatic hydroxyl groups excluding tert-OH is 1. The minimum atomic E-state index is -1.31. The molecular formula is C66H85F3N14O16. The number of fused-ring (bicyclic) bond motifs is 1. The van der Waals surface area contributed by atoms with Crippen LogP contribution in [0.15, 0.2) is 73.0 Å². The number of hydrogen-bond donors (Lipinski definition) is 3. The van der Waals surface area contributed by atoms with Crippen LogP contribution in [-0.2, 0) is 65.4 Å². The molecule has 0 radical (unpaired) electrons. The molecule has 2 aromatic carbocycles. The van der Waals surface area contributed by atoms with Gasteiger partial charge in [0.05, 0.1) is 166 Å². The molecule has 33 heteroatoms. The van der Waals surface area contributed by atoms with Gasteiger partial charge in [-0.1, -0.05) is 35.5 Å². The summed E-state index contributed by atoms with van der Waals surface area (Å²) in [6, 6.07) is 12.5. The number of allylic oxidation sites excluding steroid dienone is 1. The molecule has 6 heterocycles. The molecule has 2 saturated heterocycles. The molecule has 2 aliphatic heterocycles. The largest absolute Gasteiger partial charge is 0.494 e. The van der Waals surface area contributed by atoms with Gasteiger partial charge in [0.2, 0.25) is 17.5 Å². The second-order valence-corrected chi connectivity index (χ2v) is 22.6. The number of nitrogens with one attached hydrogen (secondary N) is 2. The number of carbonyl (C=O) groups excluding carboxylic acids is 5. The van der Waals surface area contributed by atoms with E-state index in [1.807, 2.05) is 30.3 Å². The third-order valence-electron chi connectivity index (χ3n) is 15.9. The molecule has 4 aromatic heterocycles. The monoisotopic (exact) mass is 1390 g/mol. The van der Waals surface area contributed by atoms with Crippen molar-refractivity contribution in [3.63, 3.8) is 0 Å². The van der Waals surface area contributed by atoms with Crippen molar-refractivity contribution in [3.8, 4) is 23.4 Å². The highest BCUT2D eigenvalue weighted by atomic mass is 19.1. The number of esters is 1. The van der Waals surface area contributed by atoms with Crippen molar-refractivity contribution >= 4 is 46.0 Å². The number of rotatable bonds is 45. The number of methoxy groups -OCH3 is 1. The number of H-pyrrole nitrogens is 1. The van der Waals surface area contributed by atoms with Gasteiger partial charge in [-0.25, -0.2) is 27.8 Å². The molecule has 0 bridgehead atoms. The first-order valence-corrected chi connectivity index (χ1v) is 32.8. The van der Waals surface area contributed by atoms with Gasteiger partial charge >= 0.3 is 5.97 Å². The van der Waals surface area contributed by atoms with Crippen LogP contribution in [0.2, 0.25) is 0 Å². The molecular weight excluding hydrogens is 1300 g/mol. The Bertz CT molecular complexity index is 3570. The zero-order valence-electron chi connectivity index (χ0n) is 55.5. The van der Waals surface area contributed by atoms with Gasteiger partial charge in [0.15, 0.2) is 17.5 Å². The van der Waals surface area contributed by atoms with E-state index < -0.39 is 59.3 Å². The number of pyridine rings is 1. The zero-order chi connectivity index (χ0) is 70.0. The average molecular weight is 1390 g/mol. The van der Waals surface area contributed by atoms with Crippen LogP contribution in [0.25, 0.3) is 22.3 Å². The number of halogens is 3. The first kappa shape index (κ1) is 76.1. The highest BCUT2D eigenvalue weighted by Crippen LogP contribution is 2.33. The number of hydrogen-bond acceptors (Lipinski definition) is 24. The minimum Gasteiger partial charge on any atom is -0.494 e. The van der Waals surface area contributed by atoms with E-state index in [1.165, 1.54) is 35.4 Å². The van der Waals surface area contributed by atoms with Crippen molar-refractivity contribution in [2.24, 2.45) is 0 Å². The highest BCUT2D eigenvalue weighted by molar-refractivity contribution is 6.45.